The summed E-state index contributed by atoms with van der Waals surface area (Å²) >= 11 is 0. The lowest BCUT2D eigenvalue weighted by atomic mass is 10.1. The maximum absolute atomic E-state index is 11.8. The second kappa shape index (κ2) is 6.26. The van der Waals surface area contributed by atoms with Crippen molar-refractivity contribution in [3.63, 3.8) is 0 Å². The molecule has 0 saturated heterocycles. The summed E-state index contributed by atoms with van der Waals surface area (Å²) in [7, 11) is 1.27. The highest BCUT2D eigenvalue weighted by atomic mass is 16.5. The fourth-order valence-corrected chi connectivity index (χ4v) is 1.78. The first-order valence-corrected chi connectivity index (χ1v) is 6.40. The van der Waals surface area contributed by atoms with E-state index in [0.717, 1.165) is 11.0 Å². The predicted molar refractivity (Wildman–Crippen MR) is 78.5 cm³/mol. The first-order valence-electron chi connectivity index (χ1n) is 6.40. The number of hydrogen-bond donors (Lipinski definition) is 0. The Labute approximate surface area is 121 Å². The molecule has 2 aromatic rings. The van der Waals surface area contributed by atoms with Gasteiger partial charge in [-0.25, -0.2) is 4.79 Å². The van der Waals surface area contributed by atoms with Crippen LogP contribution in [0.3, 0.4) is 0 Å². The van der Waals surface area contributed by atoms with Crippen molar-refractivity contribution < 1.29 is 18.7 Å². The van der Waals surface area contributed by atoms with E-state index in [1.807, 2.05) is 6.92 Å². The van der Waals surface area contributed by atoms with Gasteiger partial charge in [-0.05, 0) is 30.7 Å². The Morgan fingerprint density at radius 1 is 1.33 bits per heavy atom. The van der Waals surface area contributed by atoms with Gasteiger partial charge < -0.3 is 13.9 Å². The summed E-state index contributed by atoms with van der Waals surface area (Å²) in [6, 6.07) is 6.81. The average Bonchev–Trinajstić information content (AvgIpc) is 2.45. The van der Waals surface area contributed by atoms with Crippen LogP contribution in [-0.4, -0.2) is 19.7 Å². The van der Waals surface area contributed by atoms with Gasteiger partial charge in [0, 0.05) is 17.0 Å². The molecule has 21 heavy (non-hydrogen) atoms. The molecule has 0 radical (unpaired) electrons. The standard InChI is InChI=1S/C16H16O5/c1-10(2)9-20-13-5-4-11-6-12(7-15(17)19-3)16(18)21-14(11)8-13/h4-6,8H,1,7,9H2,2-3H3. The zero-order valence-electron chi connectivity index (χ0n) is 12.0. The van der Waals surface area contributed by atoms with Gasteiger partial charge in [-0.2, -0.15) is 0 Å². The summed E-state index contributed by atoms with van der Waals surface area (Å²) in [6.07, 6.45) is -0.108. The second-order valence-electron chi connectivity index (χ2n) is 4.76. The lowest BCUT2D eigenvalue weighted by molar-refractivity contribution is -0.139. The van der Waals surface area contributed by atoms with Crippen molar-refractivity contribution >= 4 is 16.9 Å². The fourth-order valence-electron chi connectivity index (χ4n) is 1.78. The van der Waals surface area contributed by atoms with Crippen LogP contribution in [-0.2, 0) is 16.0 Å². The molecule has 0 fully saturated rings. The van der Waals surface area contributed by atoms with Crippen molar-refractivity contribution in [2.75, 3.05) is 13.7 Å². The molecule has 5 heteroatoms. The summed E-state index contributed by atoms with van der Waals surface area (Å²) in [6.45, 7) is 6.01. The first-order chi connectivity index (χ1) is 9.99. The molecule has 0 N–H and O–H groups in total. The van der Waals surface area contributed by atoms with Crippen LogP contribution in [0, 0.1) is 0 Å². The maximum atomic E-state index is 11.8. The van der Waals surface area contributed by atoms with Crippen molar-refractivity contribution in [1.29, 1.82) is 0 Å². The van der Waals surface area contributed by atoms with Crippen LogP contribution in [0.1, 0.15) is 12.5 Å². The molecule has 0 amide bonds. The van der Waals surface area contributed by atoms with Gasteiger partial charge in [-0.15, -0.1) is 0 Å². The molecular weight excluding hydrogens is 272 g/mol. The molecule has 0 aliphatic rings. The number of esters is 1. The Bertz CT molecular complexity index is 742. The average molecular weight is 288 g/mol. The highest BCUT2D eigenvalue weighted by Crippen LogP contribution is 2.21. The minimum absolute atomic E-state index is 0.108. The van der Waals surface area contributed by atoms with Crippen molar-refractivity contribution in [1.82, 2.24) is 0 Å². The number of hydrogen-bond acceptors (Lipinski definition) is 5. The number of rotatable bonds is 5. The molecule has 110 valence electrons. The smallest absolute Gasteiger partial charge is 0.340 e. The van der Waals surface area contributed by atoms with E-state index in [9.17, 15) is 9.59 Å². The zero-order chi connectivity index (χ0) is 15.4. The first kappa shape index (κ1) is 14.8. The largest absolute Gasteiger partial charge is 0.489 e. The Morgan fingerprint density at radius 2 is 2.10 bits per heavy atom. The number of carbonyl (C=O) groups is 1. The van der Waals surface area contributed by atoms with Crippen molar-refractivity contribution in [3.8, 4) is 5.75 Å². The molecule has 2 rings (SSSR count). The SMILES string of the molecule is C=C(C)COc1ccc2cc(CC(=O)OC)c(=O)oc2c1. The van der Waals surface area contributed by atoms with Gasteiger partial charge in [0.15, 0.2) is 0 Å². The van der Waals surface area contributed by atoms with E-state index in [4.69, 9.17) is 9.15 Å². The number of benzene rings is 1. The Morgan fingerprint density at radius 3 is 2.76 bits per heavy atom. The van der Waals surface area contributed by atoms with Gasteiger partial charge in [0.2, 0.25) is 0 Å². The normalized spacial score (nSPS) is 10.4. The summed E-state index contributed by atoms with van der Waals surface area (Å²) < 4.78 is 15.3. The highest BCUT2D eigenvalue weighted by Gasteiger charge is 2.11. The van der Waals surface area contributed by atoms with E-state index < -0.39 is 11.6 Å². The third kappa shape index (κ3) is 3.72. The number of fused-ring (bicyclic) bond motifs is 1. The van der Waals surface area contributed by atoms with Crippen molar-refractivity contribution in [2.24, 2.45) is 0 Å². The number of ether oxygens (including phenoxy) is 2. The molecular formula is C16H16O5. The monoisotopic (exact) mass is 288 g/mol. The maximum Gasteiger partial charge on any atom is 0.340 e. The van der Waals surface area contributed by atoms with Crippen LogP contribution in [0.4, 0.5) is 0 Å². The van der Waals surface area contributed by atoms with E-state index >= 15 is 0 Å². The van der Waals surface area contributed by atoms with E-state index in [1.165, 1.54) is 7.11 Å². The van der Waals surface area contributed by atoms with Gasteiger partial charge in [0.1, 0.15) is 17.9 Å². The van der Waals surface area contributed by atoms with Crippen molar-refractivity contribution in [2.45, 2.75) is 13.3 Å². The Balaban J connectivity index is 2.33. The molecule has 0 atom stereocenters. The van der Waals surface area contributed by atoms with E-state index in [1.54, 1.807) is 24.3 Å². The minimum Gasteiger partial charge on any atom is -0.489 e. The van der Waals surface area contributed by atoms with Gasteiger partial charge in [0.05, 0.1) is 13.5 Å². The lowest BCUT2D eigenvalue weighted by Gasteiger charge is -2.07. The minimum atomic E-state index is -0.551. The number of carbonyl (C=O) groups excluding carboxylic acids is 1. The zero-order valence-corrected chi connectivity index (χ0v) is 12.0. The molecule has 1 aromatic heterocycles. The quantitative estimate of drug-likeness (QED) is 0.480. The molecule has 0 aliphatic carbocycles. The van der Waals surface area contributed by atoms with Gasteiger partial charge in [-0.3, -0.25) is 4.79 Å². The molecule has 0 bridgehead atoms. The highest BCUT2D eigenvalue weighted by molar-refractivity contribution is 5.80. The Hall–Kier alpha value is -2.56. The summed E-state index contributed by atoms with van der Waals surface area (Å²) in [5.74, 6) is 0.109. The van der Waals surface area contributed by atoms with Gasteiger partial charge in [-0.1, -0.05) is 6.58 Å². The van der Waals surface area contributed by atoms with Crippen molar-refractivity contribution in [3.05, 3.63) is 52.4 Å². The second-order valence-corrected chi connectivity index (χ2v) is 4.76. The third-order valence-electron chi connectivity index (χ3n) is 2.83. The molecule has 0 saturated carbocycles. The molecule has 5 nitrogen and oxygen atoms in total. The van der Waals surface area contributed by atoms with E-state index in [2.05, 4.69) is 11.3 Å². The lowest BCUT2D eigenvalue weighted by Crippen LogP contribution is -2.13. The molecule has 0 aliphatic heterocycles. The fraction of sp³-hybridized carbons (Fsp3) is 0.250. The molecule has 1 heterocycles. The van der Waals surface area contributed by atoms with E-state index in [0.29, 0.717) is 17.9 Å². The molecule has 0 unspecified atom stereocenters. The summed E-state index contributed by atoms with van der Waals surface area (Å²) in [5.41, 5.74) is 1.02. The molecule has 0 spiro atoms. The van der Waals surface area contributed by atoms with Crippen LogP contribution >= 0.6 is 0 Å². The predicted octanol–water partition coefficient (Wildman–Crippen LogP) is 2.46. The van der Waals surface area contributed by atoms with Gasteiger partial charge in [0.25, 0.3) is 0 Å². The summed E-state index contributed by atoms with van der Waals surface area (Å²) in [5, 5.41) is 0.719. The van der Waals surface area contributed by atoms with Crippen LogP contribution in [0.2, 0.25) is 0 Å². The van der Waals surface area contributed by atoms with Crippen LogP contribution < -0.4 is 10.4 Å². The van der Waals surface area contributed by atoms with E-state index in [-0.39, 0.29) is 12.0 Å². The van der Waals surface area contributed by atoms with Crippen LogP contribution in [0.25, 0.3) is 11.0 Å². The number of methoxy groups -OCH3 is 1. The third-order valence-corrected chi connectivity index (χ3v) is 2.83. The van der Waals surface area contributed by atoms with Gasteiger partial charge >= 0.3 is 11.6 Å². The van der Waals surface area contributed by atoms with Crippen LogP contribution in [0.5, 0.6) is 5.75 Å². The topological polar surface area (TPSA) is 65.7 Å². The Kier molecular flexibility index (Phi) is 4.42. The summed E-state index contributed by atoms with van der Waals surface area (Å²) in [4.78, 5) is 23.1. The van der Waals surface area contributed by atoms with Crippen LogP contribution in [0.15, 0.2) is 45.6 Å². The molecule has 1 aromatic carbocycles.